The Hall–Kier alpha value is -1.23. The van der Waals surface area contributed by atoms with Crippen LogP contribution in [-0.2, 0) is 9.84 Å². The van der Waals surface area contributed by atoms with E-state index in [2.05, 4.69) is 0 Å². The second-order valence-corrected chi connectivity index (χ2v) is 5.71. The van der Waals surface area contributed by atoms with Crippen molar-refractivity contribution in [2.24, 2.45) is 0 Å². The molecule has 0 heterocycles. The van der Waals surface area contributed by atoms with Gasteiger partial charge in [0, 0.05) is 11.8 Å². The zero-order chi connectivity index (χ0) is 11.6. The molecule has 0 aliphatic rings. The summed E-state index contributed by atoms with van der Waals surface area (Å²) in [5.74, 6) is -1.14. The van der Waals surface area contributed by atoms with Gasteiger partial charge in [0.25, 0.3) is 0 Å². The van der Waals surface area contributed by atoms with E-state index < -0.39 is 26.7 Å². The van der Waals surface area contributed by atoms with Crippen LogP contribution in [0.5, 0.6) is 0 Å². The Balaban J connectivity index is 3.06. The Kier molecular flexibility index (Phi) is 3.24. The number of ketones is 1. The van der Waals surface area contributed by atoms with E-state index in [9.17, 15) is 17.6 Å². The first kappa shape index (κ1) is 11.8. The summed E-state index contributed by atoms with van der Waals surface area (Å²) in [7, 11) is -3.44. The van der Waals surface area contributed by atoms with E-state index in [0.29, 0.717) is 0 Å². The summed E-state index contributed by atoms with van der Waals surface area (Å²) in [4.78, 5) is 11.6. The van der Waals surface area contributed by atoms with E-state index in [1.165, 1.54) is 25.1 Å². The van der Waals surface area contributed by atoms with Crippen molar-refractivity contribution in [3.8, 4) is 0 Å². The molecule has 3 nitrogen and oxygen atoms in total. The normalized spacial score (nSPS) is 13.5. The fourth-order valence-electron chi connectivity index (χ4n) is 1.07. The minimum Gasteiger partial charge on any atom is -0.293 e. The third kappa shape index (κ3) is 2.86. The van der Waals surface area contributed by atoms with Crippen LogP contribution >= 0.6 is 0 Å². The van der Waals surface area contributed by atoms with E-state index >= 15 is 0 Å². The molecule has 5 heteroatoms. The molecule has 1 unspecified atom stereocenters. The molecule has 0 spiro atoms. The van der Waals surface area contributed by atoms with Gasteiger partial charge in [-0.05, 0) is 19.1 Å². The van der Waals surface area contributed by atoms with Gasteiger partial charge in [0.15, 0.2) is 15.6 Å². The van der Waals surface area contributed by atoms with E-state index in [1.54, 1.807) is 0 Å². The largest absolute Gasteiger partial charge is 0.293 e. The topological polar surface area (TPSA) is 51.2 Å². The number of sulfone groups is 1. The molecular weight excluding hydrogens is 219 g/mol. The highest BCUT2D eigenvalue weighted by Crippen LogP contribution is 2.10. The SMILES string of the molecule is CC(C(=O)c1cccc(F)c1)S(C)(=O)=O. The van der Waals surface area contributed by atoms with Gasteiger partial charge >= 0.3 is 0 Å². The van der Waals surface area contributed by atoms with Crippen LogP contribution in [0.2, 0.25) is 0 Å². The molecule has 1 atom stereocenters. The van der Waals surface area contributed by atoms with Crippen LogP contribution in [-0.4, -0.2) is 25.7 Å². The molecule has 0 amide bonds. The maximum Gasteiger partial charge on any atom is 0.180 e. The highest BCUT2D eigenvalue weighted by Gasteiger charge is 2.24. The van der Waals surface area contributed by atoms with E-state index in [1.807, 2.05) is 0 Å². The smallest absolute Gasteiger partial charge is 0.180 e. The minimum atomic E-state index is -3.44. The quantitative estimate of drug-likeness (QED) is 0.738. The standard InChI is InChI=1S/C10H11FO3S/c1-7(15(2,13)14)10(12)8-4-3-5-9(11)6-8/h3-7H,1-2H3. The third-order valence-electron chi connectivity index (χ3n) is 2.12. The lowest BCUT2D eigenvalue weighted by molar-refractivity contribution is 0.0991. The molecule has 1 aromatic carbocycles. The van der Waals surface area contributed by atoms with Gasteiger partial charge < -0.3 is 0 Å². The highest BCUT2D eigenvalue weighted by atomic mass is 32.2. The number of hydrogen-bond acceptors (Lipinski definition) is 3. The molecule has 0 saturated heterocycles. The Morgan fingerprint density at radius 2 is 2.00 bits per heavy atom. The molecule has 0 radical (unpaired) electrons. The Morgan fingerprint density at radius 1 is 1.40 bits per heavy atom. The zero-order valence-corrected chi connectivity index (χ0v) is 9.21. The molecule has 0 aromatic heterocycles. The predicted octanol–water partition coefficient (Wildman–Crippen LogP) is 1.44. The molecule has 0 saturated carbocycles. The fourth-order valence-corrected chi connectivity index (χ4v) is 1.60. The third-order valence-corrected chi connectivity index (χ3v) is 3.62. The van der Waals surface area contributed by atoms with Crippen LogP contribution in [0, 0.1) is 5.82 Å². The van der Waals surface area contributed by atoms with Crippen molar-refractivity contribution in [3.05, 3.63) is 35.6 Å². The summed E-state index contributed by atoms with van der Waals surface area (Å²) in [6.45, 7) is 1.29. The molecule has 0 fully saturated rings. The van der Waals surface area contributed by atoms with Gasteiger partial charge in [0.1, 0.15) is 11.1 Å². The monoisotopic (exact) mass is 230 g/mol. The number of hydrogen-bond donors (Lipinski definition) is 0. The number of benzene rings is 1. The molecule has 0 N–H and O–H groups in total. The lowest BCUT2D eigenvalue weighted by Crippen LogP contribution is -2.26. The molecule has 1 rings (SSSR count). The van der Waals surface area contributed by atoms with Crippen LogP contribution < -0.4 is 0 Å². The van der Waals surface area contributed by atoms with Crippen LogP contribution in [0.15, 0.2) is 24.3 Å². The van der Waals surface area contributed by atoms with Gasteiger partial charge in [-0.1, -0.05) is 12.1 Å². The summed E-state index contributed by atoms with van der Waals surface area (Å²) < 4.78 is 35.0. The minimum absolute atomic E-state index is 0.0768. The first-order valence-corrected chi connectivity index (χ1v) is 6.26. The van der Waals surface area contributed by atoms with Crippen LogP contribution in [0.4, 0.5) is 4.39 Å². The van der Waals surface area contributed by atoms with Crippen molar-refractivity contribution in [1.82, 2.24) is 0 Å². The van der Waals surface area contributed by atoms with Crippen LogP contribution in [0.3, 0.4) is 0 Å². The number of carbonyl (C=O) groups excluding carboxylic acids is 1. The first-order valence-electron chi connectivity index (χ1n) is 4.31. The number of rotatable bonds is 3. The maximum atomic E-state index is 12.8. The Labute approximate surface area is 87.8 Å². The van der Waals surface area contributed by atoms with Crippen molar-refractivity contribution >= 4 is 15.6 Å². The van der Waals surface area contributed by atoms with Gasteiger partial charge in [-0.15, -0.1) is 0 Å². The van der Waals surface area contributed by atoms with Crippen LogP contribution in [0.25, 0.3) is 0 Å². The lowest BCUT2D eigenvalue weighted by atomic mass is 10.1. The van der Waals surface area contributed by atoms with Gasteiger partial charge in [-0.25, -0.2) is 12.8 Å². The van der Waals surface area contributed by atoms with Crippen molar-refractivity contribution in [1.29, 1.82) is 0 Å². The summed E-state index contributed by atoms with van der Waals surface area (Å²) in [5.41, 5.74) is 0.0768. The van der Waals surface area contributed by atoms with Gasteiger partial charge in [-0.2, -0.15) is 0 Å². The maximum absolute atomic E-state index is 12.8. The van der Waals surface area contributed by atoms with Crippen molar-refractivity contribution < 1.29 is 17.6 Å². The van der Waals surface area contributed by atoms with E-state index in [0.717, 1.165) is 12.3 Å². The summed E-state index contributed by atoms with van der Waals surface area (Å²) in [5, 5.41) is -1.14. The van der Waals surface area contributed by atoms with Gasteiger partial charge in [0.2, 0.25) is 0 Å². The molecule has 1 aromatic rings. The lowest BCUT2D eigenvalue weighted by Gasteiger charge is -2.07. The van der Waals surface area contributed by atoms with Crippen molar-refractivity contribution in [3.63, 3.8) is 0 Å². The van der Waals surface area contributed by atoms with Crippen molar-refractivity contribution in [2.75, 3.05) is 6.26 Å². The first-order chi connectivity index (χ1) is 6.82. The second-order valence-electron chi connectivity index (χ2n) is 3.35. The molecular formula is C10H11FO3S. The number of halogens is 1. The average molecular weight is 230 g/mol. The van der Waals surface area contributed by atoms with Crippen molar-refractivity contribution in [2.45, 2.75) is 12.2 Å². The van der Waals surface area contributed by atoms with Gasteiger partial charge in [0.05, 0.1) is 0 Å². The molecule has 82 valence electrons. The molecule has 15 heavy (non-hydrogen) atoms. The summed E-state index contributed by atoms with van der Waals surface area (Å²) in [6.07, 6.45) is 0.981. The second kappa shape index (κ2) is 4.10. The average Bonchev–Trinajstić information content (AvgIpc) is 2.14. The molecule has 0 bridgehead atoms. The molecule has 0 aliphatic heterocycles. The summed E-state index contributed by atoms with van der Waals surface area (Å²) in [6, 6.07) is 5.00. The van der Waals surface area contributed by atoms with Gasteiger partial charge in [-0.3, -0.25) is 4.79 Å². The Morgan fingerprint density at radius 3 is 2.47 bits per heavy atom. The number of Topliss-reactive ketones (excluding diaryl/α,β-unsaturated/α-hetero) is 1. The van der Waals surface area contributed by atoms with Crippen LogP contribution in [0.1, 0.15) is 17.3 Å². The number of carbonyl (C=O) groups is 1. The highest BCUT2D eigenvalue weighted by molar-refractivity contribution is 7.92. The summed E-state index contributed by atoms with van der Waals surface area (Å²) >= 11 is 0. The molecule has 0 aliphatic carbocycles. The Bertz CT molecular complexity index is 479. The van der Waals surface area contributed by atoms with E-state index in [4.69, 9.17) is 0 Å². The zero-order valence-electron chi connectivity index (χ0n) is 8.40. The fraction of sp³-hybridized carbons (Fsp3) is 0.300. The predicted molar refractivity (Wildman–Crippen MR) is 55.0 cm³/mol. The van der Waals surface area contributed by atoms with E-state index in [-0.39, 0.29) is 5.56 Å².